The maximum atomic E-state index is 5.70. The monoisotopic (exact) mass is 261 g/mol. The molecule has 0 aliphatic rings. The molecule has 1 aromatic carbocycles. The summed E-state index contributed by atoms with van der Waals surface area (Å²) >= 11 is 1.62. The summed E-state index contributed by atoms with van der Waals surface area (Å²) < 4.78 is 5.70. The van der Waals surface area contributed by atoms with Crippen molar-refractivity contribution in [2.45, 2.75) is 11.6 Å². The summed E-state index contributed by atoms with van der Waals surface area (Å²) in [5.41, 5.74) is 6.67. The van der Waals surface area contributed by atoms with Crippen LogP contribution in [0.3, 0.4) is 0 Å². The van der Waals surface area contributed by atoms with Crippen LogP contribution in [0, 0.1) is 0 Å². The van der Waals surface area contributed by atoms with E-state index in [1.807, 2.05) is 24.3 Å². The van der Waals surface area contributed by atoms with Gasteiger partial charge in [0.2, 0.25) is 0 Å². The molecule has 0 amide bonds. The second kappa shape index (κ2) is 6.98. The van der Waals surface area contributed by atoms with Gasteiger partial charge in [-0.1, -0.05) is 18.2 Å². The molecule has 0 aliphatic heterocycles. The highest BCUT2D eigenvalue weighted by Gasteiger charge is 2.01. The van der Waals surface area contributed by atoms with Gasteiger partial charge in [0.25, 0.3) is 0 Å². The highest BCUT2D eigenvalue weighted by atomic mass is 32.2. The van der Waals surface area contributed by atoms with E-state index in [9.17, 15) is 0 Å². The lowest BCUT2D eigenvalue weighted by Crippen LogP contribution is -2.05. The third-order valence-electron chi connectivity index (χ3n) is 2.32. The fourth-order valence-corrected chi connectivity index (χ4v) is 2.12. The van der Waals surface area contributed by atoms with E-state index in [-0.39, 0.29) is 0 Å². The molecule has 1 heterocycles. The average molecular weight is 261 g/mol. The number of para-hydroxylation sites is 1. The molecule has 0 spiro atoms. The first-order valence-electron chi connectivity index (χ1n) is 5.69. The van der Waals surface area contributed by atoms with Crippen molar-refractivity contribution in [1.82, 2.24) is 9.97 Å². The first kappa shape index (κ1) is 12.9. The van der Waals surface area contributed by atoms with Crippen LogP contribution >= 0.6 is 11.8 Å². The van der Waals surface area contributed by atoms with Crippen molar-refractivity contribution in [1.29, 1.82) is 0 Å². The minimum absolute atomic E-state index is 0.494. The number of hydrogen-bond acceptors (Lipinski definition) is 5. The largest absolute Gasteiger partial charge is 0.492 e. The Bertz CT molecular complexity index is 479. The van der Waals surface area contributed by atoms with Crippen LogP contribution in [0.2, 0.25) is 0 Å². The number of benzene rings is 1. The van der Waals surface area contributed by atoms with E-state index in [0.29, 0.717) is 13.2 Å². The first-order valence-corrected chi connectivity index (χ1v) is 6.68. The van der Waals surface area contributed by atoms with Crippen LogP contribution in [-0.2, 0) is 6.54 Å². The summed E-state index contributed by atoms with van der Waals surface area (Å²) in [4.78, 5) is 8.19. The topological polar surface area (TPSA) is 61.0 Å². The number of nitrogens with two attached hydrogens (primary N) is 1. The highest BCUT2D eigenvalue weighted by molar-refractivity contribution is 7.99. The Morgan fingerprint density at radius 2 is 2.11 bits per heavy atom. The SMILES string of the molecule is NCc1ccccc1OCCSc1cnccn1. The highest BCUT2D eigenvalue weighted by Crippen LogP contribution is 2.18. The minimum atomic E-state index is 0.494. The number of nitrogens with zero attached hydrogens (tertiary/aromatic N) is 2. The number of hydrogen-bond donors (Lipinski definition) is 1. The molecule has 94 valence electrons. The molecule has 2 N–H and O–H groups in total. The Morgan fingerprint density at radius 1 is 1.22 bits per heavy atom. The maximum Gasteiger partial charge on any atom is 0.123 e. The predicted octanol–water partition coefficient (Wildman–Crippen LogP) is 2.11. The summed E-state index contributed by atoms with van der Waals surface area (Å²) in [7, 11) is 0. The molecule has 4 nitrogen and oxygen atoms in total. The Hall–Kier alpha value is -1.59. The van der Waals surface area contributed by atoms with Gasteiger partial charge >= 0.3 is 0 Å². The Morgan fingerprint density at radius 3 is 2.89 bits per heavy atom. The molecule has 0 aliphatic carbocycles. The summed E-state index contributed by atoms with van der Waals surface area (Å²) in [5, 5.41) is 0.910. The molecule has 18 heavy (non-hydrogen) atoms. The van der Waals surface area contributed by atoms with Gasteiger partial charge in [0.15, 0.2) is 0 Å². The van der Waals surface area contributed by atoms with Gasteiger partial charge in [-0.05, 0) is 6.07 Å². The molecule has 0 atom stereocenters. The lowest BCUT2D eigenvalue weighted by Gasteiger charge is -2.09. The van der Waals surface area contributed by atoms with Gasteiger partial charge in [0.1, 0.15) is 10.8 Å². The molecule has 0 unspecified atom stereocenters. The fourth-order valence-electron chi connectivity index (χ4n) is 1.47. The molecule has 0 radical (unpaired) electrons. The van der Waals surface area contributed by atoms with E-state index >= 15 is 0 Å². The molecule has 2 rings (SSSR count). The lowest BCUT2D eigenvalue weighted by atomic mass is 10.2. The Labute approximate surface area is 111 Å². The molecule has 2 aromatic rings. The van der Waals surface area contributed by atoms with Crippen molar-refractivity contribution in [3.05, 3.63) is 48.4 Å². The third-order valence-corrected chi connectivity index (χ3v) is 3.20. The molecule has 0 fully saturated rings. The molecule has 0 saturated carbocycles. The zero-order valence-corrected chi connectivity index (χ0v) is 10.8. The number of rotatable bonds is 6. The van der Waals surface area contributed by atoms with E-state index in [1.54, 1.807) is 30.4 Å². The van der Waals surface area contributed by atoms with E-state index in [2.05, 4.69) is 9.97 Å². The van der Waals surface area contributed by atoms with Crippen molar-refractivity contribution < 1.29 is 4.74 Å². The number of thioether (sulfide) groups is 1. The molecule has 1 aromatic heterocycles. The normalized spacial score (nSPS) is 10.3. The van der Waals surface area contributed by atoms with Crippen LogP contribution < -0.4 is 10.5 Å². The summed E-state index contributed by atoms with van der Waals surface area (Å²) in [6.45, 7) is 1.12. The van der Waals surface area contributed by atoms with Crippen LogP contribution in [0.1, 0.15) is 5.56 Å². The van der Waals surface area contributed by atoms with E-state index in [0.717, 1.165) is 22.1 Å². The summed E-state index contributed by atoms with van der Waals surface area (Å²) in [5.74, 6) is 1.69. The molecular formula is C13H15N3OS. The average Bonchev–Trinajstić information content (AvgIpc) is 2.45. The van der Waals surface area contributed by atoms with E-state index in [1.165, 1.54) is 0 Å². The summed E-state index contributed by atoms with van der Waals surface area (Å²) in [6, 6.07) is 7.83. The van der Waals surface area contributed by atoms with Gasteiger partial charge in [-0.2, -0.15) is 0 Å². The summed E-state index contributed by atoms with van der Waals surface area (Å²) in [6.07, 6.45) is 5.10. The van der Waals surface area contributed by atoms with Crippen molar-refractivity contribution in [3.8, 4) is 5.75 Å². The lowest BCUT2D eigenvalue weighted by molar-refractivity contribution is 0.340. The smallest absolute Gasteiger partial charge is 0.123 e. The van der Waals surface area contributed by atoms with Gasteiger partial charge in [0.05, 0.1) is 12.8 Å². The van der Waals surface area contributed by atoms with Crippen LogP contribution in [-0.4, -0.2) is 22.3 Å². The van der Waals surface area contributed by atoms with E-state index < -0.39 is 0 Å². The standard InChI is InChI=1S/C13H15N3OS/c14-9-11-3-1-2-4-12(11)17-7-8-18-13-10-15-5-6-16-13/h1-6,10H,7-9,14H2. The Kier molecular flexibility index (Phi) is 4.99. The first-order chi connectivity index (χ1) is 8.90. The van der Waals surface area contributed by atoms with E-state index in [4.69, 9.17) is 10.5 Å². The second-order valence-electron chi connectivity index (χ2n) is 3.55. The van der Waals surface area contributed by atoms with Gasteiger partial charge in [0, 0.05) is 30.3 Å². The third kappa shape index (κ3) is 3.72. The zero-order valence-electron chi connectivity index (χ0n) is 9.95. The van der Waals surface area contributed by atoms with Crippen LogP contribution in [0.4, 0.5) is 0 Å². The fraction of sp³-hybridized carbons (Fsp3) is 0.231. The Balaban J connectivity index is 1.78. The number of ether oxygens (including phenoxy) is 1. The van der Waals surface area contributed by atoms with Crippen LogP contribution in [0.15, 0.2) is 47.9 Å². The van der Waals surface area contributed by atoms with Gasteiger partial charge < -0.3 is 10.5 Å². The van der Waals surface area contributed by atoms with Crippen molar-refractivity contribution in [3.63, 3.8) is 0 Å². The van der Waals surface area contributed by atoms with Gasteiger partial charge in [-0.25, -0.2) is 4.98 Å². The van der Waals surface area contributed by atoms with Gasteiger partial charge in [-0.15, -0.1) is 11.8 Å². The number of aromatic nitrogens is 2. The minimum Gasteiger partial charge on any atom is -0.492 e. The predicted molar refractivity (Wildman–Crippen MR) is 72.6 cm³/mol. The van der Waals surface area contributed by atoms with Crippen LogP contribution in [0.25, 0.3) is 0 Å². The second-order valence-corrected chi connectivity index (χ2v) is 4.67. The molecule has 5 heteroatoms. The molecule has 0 bridgehead atoms. The zero-order chi connectivity index (χ0) is 12.6. The van der Waals surface area contributed by atoms with Gasteiger partial charge in [-0.3, -0.25) is 4.98 Å². The van der Waals surface area contributed by atoms with Crippen molar-refractivity contribution in [2.75, 3.05) is 12.4 Å². The van der Waals surface area contributed by atoms with Crippen LogP contribution in [0.5, 0.6) is 5.75 Å². The van der Waals surface area contributed by atoms with Crippen molar-refractivity contribution >= 4 is 11.8 Å². The molecule has 0 saturated heterocycles. The quantitative estimate of drug-likeness (QED) is 0.637. The maximum absolute atomic E-state index is 5.70. The molecular weight excluding hydrogens is 246 g/mol. The van der Waals surface area contributed by atoms with Crippen molar-refractivity contribution in [2.24, 2.45) is 5.73 Å².